The average Bonchev–Trinajstić information content (AvgIpc) is 3.40. The molecule has 0 saturated carbocycles. The van der Waals surface area contributed by atoms with Crippen LogP contribution in [0.15, 0.2) is 48.5 Å². The first kappa shape index (κ1) is 27.0. The Balaban J connectivity index is 0.000000213. The molecule has 0 aromatic heterocycles. The molecule has 0 amide bonds. The van der Waals surface area contributed by atoms with Crippen LogP contribution < -0.4 is 0 Å². The number of benzene rings is 2. The summed E-state index contributed by atoms with van der Waals surface area (Å²) in [5.74, 6) is 0. The van der Waals surface area contributed by atoms with Gasteiger partial charge in [-0.25, -0.2) is 0 Å². The van der Waals surface area contributed by atoms with Gasteiger partial charge < -0.3 is 69.0 Å². The molecule has 2 saturated heterocycles. The molecule has 0 spiro atoms. The zero-order valence-electron chi connectivity index (χ0n) is 16.4. The van der Waals surface area contributed by atoms with E-state index in [-0.39, 0.29) is 31.9 Å². The van der Waals surface area contributed by atoms with Crippen LogP contribution in [0.5, 0.6) is 0 Å². The third kappa shape index (κ3) is 7.39. The summed E-state index contributed by atoms with van der Waals surface area (Å²) in [7, 11) is 0. The van der Waals surface area contributed by atoms with Crippen LogP contribution in [0.1, 0.15) is 23.6 Å². The predicted octanol–water partition coefficient (Wildman–Crippen LogP) is 5.00. The zero-order chi connectivity index (χ0) is 21.7. The number of rotatable bonds is 2. The molecule has 4 rings (SSSR count). The van der Waals surface area contributed by atoms with Gasteiger partial charge in [0.2, 0.25) is 0 Å². The van der Waals surface area contributed by atoms with Gasteiger partial charge in [0.25, 0.3) is 0 Å². The third-order valence-electron chi connectivity index (χ3n) is 4.56. The molecule has 11 heteroatoms. The predicted molar refractivity (Wildman–Crippen MR) is 134 cm³/mol. The Kier molecular flexibility index (Phi) is 11.2. The van der Waals surface area contributed by atoms with E-state index in [2.05, 4.69) is 0 Å². The summed E-state index contributed by atoms with van der Waals surface area (Å²) in [5.41, 5.74) is 2.06. The Morgan fingerprint density at radius 1 is 0.742 bits per heavy atom. The summed E-state index contributed by atoms with van der Waals surface area (Å²) >= 11 is 31.6. The first-order valence-electron chi connectivity index (χ1n) is 9.06. The van der Waals surface area contributed by atoms with Gasteiger partial charge in [-0.2, -0.15) is 0 Å². The van der Waals surface area contributed by atoms with E-state index in [9.17, 15) is 0 Å². The fourth-order valence-corrected chi connectivity index (χ4v) is 4.12. The molecule has 2 fully saturated rings. The van der Waals surface area contributed by atoms with E-state index in [1.807, 2.05) is 58.3 Å². The molecule has 31 heavy (non-hydrogen) atoms. The monoisotopic (exact) mass is 580 g/mol. The molecule has 2 aliphatic rings. The molecular formula is C20H18Cl2N2O2S4Zn. The maximum atomic E-state index is 5.82. The van der Waals surface area contributed by atoms with Gasteiger partial charge in [0.05, 0.1) is 13.2 Å². The van der Waals surface area contributed by atoms with Crippen molar-refractivity contribution in [1.29, 1.82) is 0 Å². The van der Waals surface area contributed by atoms with Crippen LogP contribution in [0, 0.1) is 0 Å². The van der Waals surface area contributed by atoms with E-state index < -0.39 is 0 Å². The Hall–Kier alpha value is -0.217. The molecule has 0 N–H and O–H groups in total. The minimum absolute atomic E-state index is 0. The molecule has 2 aromatic rings. The Morgan fingerprint density at radius 3 is 1.35 bits per heavy atom. The van der Waals surface area contributed by atoms with Crippen LogP contribution >= 0.6 is 47.6 Å². The first-order valence-corrected chi connectivity index (χ1v) is 11.4. The summed E-state index contributed by atoms with van der Waals surface area (Å²) in [5, 5.41) is 1.42. The number of hydrogen-bond donors (Lipinski definition) is 0. The van der Waals surface area contributed by atoms with Gasteiger partial charge in [0.15, 0.2) is 12.5 Å². The molecule has 0 bridgehead atoms. The largest absolute Gasteiger partial charge is 2.00 e. The number of thiocarbonyl (C=S) groups is 2. The topological polar surface area (TPSA) is 24.9 Å². The Morgan fingerprint density at radius 2 is 1.06 bits per heavy atom. The number of halogens is 2. The van der Waals surface area contributed by atoms with E-state index in [0.29, 0.717) is 31.9 Å². The minimum Gasteiger partial charge on any atom is -0.411 e. The van der Waals surface area contributed by atoms with Gasteiger partial charge >= 0.3 is 19.5 Å². The van der Waals surface area contributed by atoms with Crippen molar-refractivity contribution in [1.82, 2.24) is 9.80 Å². The molecule has 2 aromatic carbocycles. The zero-order valence-corrected chi connectivity index (χ0v) is 24.2. The molecule has 160 valence electrons. The van der Waals surface area contributed by atoms with Crippen molar-refractivity contribution in [3.8, 4) is 0 Å². The summed E-state index contributed by atoms with van der Waals surface area (Å²) in [6.45, 7) is 2.83. The molecule has 0 radical (unpaired) electrons. The first-order chi connectivity index (χ1) is 14.4. The van der Waals surface area contributed by atoms with Crippen molar-refractivity contribution in [2.24, 2.45) is 0 Å². The van der Waals surface area contributed by atoms with E-state index in [1.54, 1.807) is 0 Å². The number of hydrogen-bond acceptors (Lipinski definition) is 6. The maximum absolute atomic E-state index is 5.82. The van der Waals surface area contributed by atoms with Crippen LogP contribution in [0.4, 0.5) is 0 Å². The fourth-order valence-electron chi connectivity index (χ4n) is 3.12. The van der Waals surface area contributed by atoms with Gasteiger partial charge in [0.1, 0.15) is 0 Å². The number of nitrogens with zero attached hydrogens (tertiary/aromatic N) is 2. The van der Waals surface area contributed by atoms with Gasteiger partial charge in [-0.3, -0.25) is 0 Å². The van der Waals surface area contributed by atoms with Crippen molar-refractivity contribution in [2.45, 2.75) is 12.5 Å². The third-order valence-corrected chi connectivity index (χ3v) is 6.00. The number of ether oxygens (including phenoxy) is 2. The molecule has 0 aliphatic carbocycles. The standard InChI is InChI=1S/2C10H10ClNOS2.Zn/c2*11-8-3-1-7(2-4-8)9-12(10(14)15)5-6-13-9;/h2*1-4,9H,5-6H2,(H,14,15);/q;;+2/p-2. The Labute approximate surface area is 227 Å². The van der Waals surface area contributed by atoms with Crippen LogP contribution in [0.25, 0.3) is 0 Å². The maximum Gasteiger partial charge on any atom is 2.00 e. The van der Waals surface area contributed by atoms with Gasteiger partial charge in [-0.1, -0.05) is 56.1 Å². The molecular weight excluding hydrogens is 565 g/mol. The molecule has 2 unspecified atom stereocenters. The van der Waals surface area contributed by atoms with Crippen LogP contribution in [-0.2, 0) is 54.2 Å². The SMILES string of the molecule is S=C([S-])N1CCOC1c1ccc(Cl)cc1.S=C([S-])N1CCOC1c1ccc(Cl)cc1.[Zn+2]. The van der Waals surface area contributed by atoms with Crippen molar-refractivity contribution in [3.63, 3.8) is 0 Å². The molecule has 4 nitrogen and oxygen atoms in total. The van der Waals surface area contributed by atoms with E-state index in [4.69, 9.17) is 82.4 Å². The smallest absolute Gasteiger partial charge is 0.411 e. The van der Waals surface area contributed by atoms with Gasteiger partial charge in [0, 0.05) is 34.3 Å². The average molecular weight is 583 g/mol. The Bertz CT molecular complexity index is 816. The van der Waals surface area contributed by atoms with Crippen LogP contribution in [0.3, 0.4) is 0 Å². The normalized spacial score (nSPS) is 19.9. The van der Waals surface area contributed by atoms with E-state index in [0.717, 1.165) is 24.2 Å². The second kappa shape index (κ2) is 12.9. The summed E-state index contributed by atoms with van der Waals surface area (Å²) in [6.07, 6.45) is -0.292. The van der Waals surface area contributed by atoms with Crippen molar-refractivity contribution in [3.05, 3.63) is 69.7 Å². The summed E-state index contributed by atoms with van der Waals surface area (Å²) < 4.78 is 12.1. The van der Waals surface area contributed by atoms with Crippen molar-refractivity contribution < 1.29 is 29.0 Å². The van der Waals surface area contributed by atoms with Gasteiger partial charge in [-0.05, 0) is 24.3 Å². The molecule has 2 atom stereocenters. The van der Waals surface area contributed by atoms with Gasteiger partial charge in [-0.15, -0.1) is 0 Å². The fraction of sp³-hybridized carbons (Fsp3) is 0.300. The van der Waals surface area contributed by atoms with Crippen molar-refractivity contribution in [2.75, 3.05) is 26.3 Å². The van der Waals surface area contributed by atoms with Crippen LogP contribution in [-0.4, -0.2) is 44.7 Å². The molecule has 2 heterocycles. The summed E-state index contributed by atoms with van der Waals surface area (Å²) in [4.78, 5) is 3.79. The minimum atomic E-state index is -0.146. The van der Waals surface area contributed by atoms with Crippen LogP contribution in [0.2, 0.25) is 10.0 Å². The second-order valence-electron chi connectivity index (χ2n) is 6.47. The van der Waals surface area contributed by atoms with E-state index >= 15 is 0 Å². The van der Waals surface area contributed by atoms with Crippen molar-refractivity contribution >= 4 is 81.5 Å². The van der Waals surface area contributed by atoms with E-state index in [1.165, 1.54) is 0 Å². The second-order valence-corrected chi connectivity index (χ2v) is 9.40. The molecule has 2 aliphatic heterocycles. The quantitative estimate of drug-likeness (QED) is 0.277. The summed E-state index contributed by atoms with van der Waals surface area (Å²) in [6, 6.07) is 15.1.